The third kappa shape index (κ3) is 4.07. The fraction of sp³-hybridized carbons (Fsp3) is 0.400. The number of hydrogen-bond acceptors (Lipinski definition) is 5. The highest BCUT2D eigenvalue weighted by atomic mass is 16.5. The Morgan fingerprint density at radius 2 is 1.85 bits per heavy atom. The van der Waals surface area contributed by atoms with E-state index < -0.39 is 0 Å². The number of aromatic nitrogens is 1. The average molecular weight is 355 g/mol. The molecule has 2 heterocycles. The molecular weight excluding hydrogens is 330 g/mol. The smallest absolute Gasteiger partial charge is 0.253 e. The van der Waals surface area contributed by atoms with Gasteiger partial charge in [-0.1, -0.05) is 0 Å². The molecule has 1 N–H and O–H groups in total. The van der Waals surface area contributed by atoms with Gasteiger partial charge >= 0.3 is 0 Å². The zero-order chi connectivity index (χ0) is 18.5. The predicted molar refractivity (Wildman–Crippen MR) is 101 cm³/mol. The maximum absolute atomic E-state index is 12.8. The molecule has 26 heavy (non-hydrogen) atoms. The molecule has 1 amide bonds. The van der Waals surface area contributed by atoms with Crippen molar-refractivity contribution < 1.29 is 14.3 Å². The number of hydrogen-bond donors (Lipinski definition) is 1. The first-order chi connectivity index (χ1) is 12.6. The lowest BCUT2D eigenvalue weighted by molar-refractivity contribution is 0.0718. The van der Waals surface area contributed by atoms with Gasteiger partial charge in [0.2, 0.25) is 0 Å². The van der Waals surface area contributed by atoms with E-state index in [-0.39, 0.29) is 5.91 Å². The van der Waals surface area contributed by atoms with Crippen LogP contribution in [0.4, 0.5) is 5.69 Å². The Hall–Kier alpha value is -2.76. The molecule has 0 saturated carbocycles. The van der Waals surface area contributed by atoms with E-state index in [0.717, 1.165) is 37.3 Å². The Morgan fingerprint density at radius 3 is 2.50 bits per heavy atom. The number of benzene rings is 1. The van der Waals surface area contributed by atoms with Crippen LogP contribution in [0.3, 0.4) is 0 Å². The number of pyridine rings is 1. The third-order valence-electron chi connectivity index (χ3n) is 4.68. The number of amides is 1. The van der Waals surface area contributed by atoms with E-state index in [0.29, 0.717) is 23.1 Å². The van der Waals surface area contributed by atoms with Crippen LogP contribution >= 0.6 is 0 Å². The number of ether oxygens (including phenoxy) is 2. The van der Waals surface area contributed by atoms with Crippen LogP contribution in [0.1, 0.15) is 28.9 Å². The van der Waals surface area contributed by atoms with Gasteiger partial charge in [-0.25, -0.2) is 0 Å². The number of nitrogens with one attached hydrogen (secondary N) is 1. The van der Waals surface area contributed by atoms with Gasteiger partial charge in [0.1, 0.15) is 0 Å². The molecular formula is C20H25N3O3. The van der Waals surface area contributed by atoms with Crippen molar-refractivity contribution in [2.75, 3.05) is 32.6 Å². The summed E-state index contributed by atoms with van der Waals surface area (Å²) in [6, 6.07) is 9.69. The van der Waals surface area contributed by atoms with Gasteiger partial charge in [-0.3, -0.25) is 9.78 Å². The summed E-state index contributed by atoms with van der Waals surface area (Å²) in [5.74, 6) is 1.23. The summed E-state index contributed by atoms with van der Waals surface area (Å²) in [5, 5.41) is 3.54. The molecule has 138 valence electrons. The second-order valence-electron chi connectivity index (χ2n) is 6.47. The van der Waals surface area contributed by atoms with Crippen LogP contribution in [0.25, 0.3) is 0 Å². The first-order valence-corrected chi connectivity index (χ1v) is 8.81. The van der Waals surface area contributed by atoms with Crippen molar-refractivity contribution in [3.05, 3.63) is 47.8 Å². The van der Waals surface area contributed by atoms with Gasteiger partial charge < -0.3 is 19.7 Å². The molecule has 0 radical (unpaired) electrons. The van der Waals surface area contributed by atoms with E-state index in [1.165, 1.54) is 0 Å². The minimum Gasteiger partial charge on any atom is -0.493 e. The SMILES string of the molecule is COc1ccc(C(=O)N2CCC(Nc3ccnc(C)c3)CC2)cc1OC. The van der Waals surface area contributed by atoms with Crippen LogP contribution in [0.15, 0.2) is 36.5 Å². The van der Waals surface area contributed by atoms with E-state index in [4.69, 9.17) is 9.47 Å². The number of aryl methyl sites for hydroxylation is 1. The van der Waals surface area contributed by atoms with Crippen LogP contribution in [-0.4, -0.2) is 49.1 Å². The lowest BCUT2D eigenvalue weighted by atomic mass is 10.0. The zero-order valence-electron chi connectivity index (χ0n) is 15.5. The Balaban J connectivity index is 1.60. The lowest BCUT2D eigenvalue weighted by Crippen LogP contribution is -2.42. The summed E-state index contributed by atoms with van der Waals surface area (Å²) in [6.07, 6.45) is 3.65. The molecule has 6 nitrogen and oxygen atoms in total. The van der Waals surface area contributed by atoms with E-state index in [2.05, 4.69) is 10.3 Å². The van der Waals surface area contributed by atoms with Gasteiger partial charge in [0.15, 0.2) is 11.5 Å². The standard InChI is InChI=1S/C20H25N3O3/c1-14-12-17(6-9-21-14)22-16-7-10-23(11-8-16)20(24)15-4-5-18(25-2)19(13-15)26-3/h4-6,9,12-13,16H,7-8,10-11H2,1-3H3,(H,21,22). The number of anilines is 1. The summed E-state index contributed by atoms with van der Waals surface area (Å²) in [5.41, 5.74) is 2.71. The second-order valence-corrected chi connectivity index (χ2v) is 6.47. The fourth-order valence-corrected chi connectivity index (χ4v) is 3.25. The molecule has 1 saturated heterocycles. The molecule has 0 atom stereocenters. The van der Waals surface area contributed by atoms with Crippen LogP contribution < -0.4 is 14.8 Å². The number of rotatable bonds is 5. The summed E-state index contributed by atoms with van der Waals surface area (Å²) in [6.45, 7) is 3.44. The second kappa shape index (κ2) is 8.08. The van der Waals surface area contributed by atoms with E-state index >= 15 is 0 Å². The highest BCUT2D eigenvalue weighted by Crippen LogP contribution is 2.28. The number of nitrogens with zero attached hydrogens (tertiary/aromatic N) is 2. The van der Waals surface area contributed by atoms with Gasteiger partial charge in [0.25, 0.3) is 5.91 Å². The highest BCUT2D eigenvalue weighted by molar-refractivity contribution is 5.95. The molecule has 0 unspecified atom stereocenters. The predicted octanol–water partition coefficient (Wildman–Crippen LogP) is 3.12. The maximum Gasteiger partial charge on any atom is 0.253 e. The molecule has 0 bridgehead atoms. The Labute approximate surface area is 154 Å². The van der Waals surface area contributed by atoms with E-state index in [9.17, 15) is 4.79 Å². The molecule has 2 aromatic rings. The largest absolute Gasteiger partial charge is 0.493 e. The molecule has 6 heteroatoms. The van der Waals surface area contributed by atoms with E-state index in [1.807, 2.05) is 30.2 Å². The van der Waals surface area contributed by atoms with Gasteiger partial charge in [-0.15, -0.1) is 0 Å². The van der Waals surface area contributed by atoms with Gasteiger partial charge in [-0.2, -0.15) is 0 Å². The van der Waals surface area contributed by atoms with Crippen molar-refractivity contribution in [3.8, 4) is 11.5 Å². The Morgan fingerprint density at radius 1 is 1.12 bits per heavy atom. The molecule has 1 aliphatic heterocycles. The first kappa shape index (κ1) is 18.0. The van der Waals surface area contributed by atoms with Gasteiger partial charge in [0, 0.05) is 42.3 Å². The third-order valence-corrected chi connectivity index (χ3v) is 4.68. The molecule has 1 fully saturated rings. The van der Waals surface area contributed by atoms with Crippen LogP contribution in [0.5, 0.6) is 11.5 Å². The maximum atomic E-state index is 12.8. The molecule has 1 aliphatic rings. The van der Waals surface area contributed by atoms with Crippen molar-refractivity contribution in [3.63, 3.8) is 0 Å². The number of piperidine rings is 1. The van der Waals surface area contributed by atoms with Crippen molar-refractivity contribution in [1.82, 2.24) is 9.88 Å². The molecule has 0 aliphatic carbocycles. The first-order valence-electron chi connectivity index (χ1n) is 8.81. The van der Waals surface area contributed by atoms with Crippen LogP contribution in [0, 0.1) is 6.92 Å². The Bertz CT molecular complexity index is 771. The van der Waals surface area contributed by atoms with Crippen molar-refractivity contribution >= 4 is 11.6 Å². The van der Waals surface area contributed by atoms with Crippen molar-refractivity contribution in [2.24, 2.45) is 0 Å². The molecule has 0 spiro atoms. The summed E-state index contributed by atoms with van der Waals surface area (Å²) in [4.78, 5) is 18.9. The van der Waals surface area contributed by atoms with Crippen LogP contribution in [-0.2, 0) is 0 Å². The number of carbonyl (C=O) groups is 1. The topological polar surface area (TPSA) is 63.7 Å². The fourth-order valence-electron chi connectivity index (χ4n) is 3.25. The summed E-state index contributed by atoms with van der Waals surface area (Å²) in [7, 11) is 3.16. The normalized spacial score (nSPS) is 14.8. The minimum atomic E-state index is 0.0316. The molecule has 3 rings (SSSR count). The van der Waals surface area contributed by atoms with Crippen molar-refractivity contribution in [1.29, 1.82) is 0 Å². The average Bonchev–Trinajstić information content (AvgIpc) is 2.67. The Kier molecular flexibility index (Phi) is 5.61. The zero-order valence-corrected chi connectivity index (χ0v) is 15.5. The monoisotopic (exact) mass is 355 g/mol. The van der Waals surface area contributed by atoms with Crippen LogP contribution in [0.2, 0.25) is 0 Å². The quantitative estimate of drug-likeness (QED) is 0.893. The lowest BCUT2D eigenvalue weighted by Gasteiger charge is -2.33. The van der Waals surface area contributed by atoms with Gasteiger partial charge in [-0.05, 0) is 50.1 Å². The van der Waals surface area contributed by atoms with Gasteiger partial charge in [0.05, 0.1) is 14.2 Å². The molecule has 1 aromatic carbocycles. The molecule has 1 aromatic heterocycles. The van der Waals surface area contributed by atoms with E-state index in [1.54, 1.807) is 32.4 Å². The highest BCUT2D eigenvalue weighted by Gasteiger charge is 2.24. The summed E-state index contributed by atoms with van der Waals surface area (Å²) < 4.78 is 10.5. The minimum absolute atomic E-state index is 0.0316. The van der Waals surface area contributed by atoms with Crippen molar-refractivity contribution in [2.45, 2.75) is 25.8 Å². The number of methoxy groups -OCH3 is 2. The number of likely N-dealkylation sites (tertiary alicyclic amines) is 1. The summed E-state index contributed by atoms with van der Waals surface area (Å²) >= 11 is 0. The number of carbonyl (C=O) groups excluding carboxylic acids is 1.